The number of carbonyl (C=O) groups is 2. The number of carbonyl (C=O) groups excluding carboxylic acids is 2. The van der Waals surface area contributed by atoms with E-state index in [1.807, 2.05) is 6.07 Å². The molecule has 0 bridgehead atoms. The molecule has 7 nitrogen and oxygen atoms in total. The van der Waals surface area contributed by atoms with E-state index < -0.39 is 27.8 Å². The van der Waals surface area contributed by atoms with Gasteiger partial charge >= 0.3 is 5.97 Å². The number of halogens is 2. The predicted molar refractivity (Wildman–Crippen MR) is 154 cm³/mol. The van der Waals surface area contributed by atoms with Gasteiger partial charge in [-0.25, -0.2) is 12.8 Å². The molecule has 4 aromatic carbocycles. The first kappa shape index (κ1) is 28.3. The molecule has 0 unspecified atom stereocenters. The Balaban J connectivity index is 1.37. The van der Waals surface area contributed by atoms with Gasteiger partial charge in [-0.2, -0.15) is 0 Å². The summed E-state index contributed by atoms with van der Waals surface area (Å²) in [6.07, 6.45) is 0.372. The molecule has 1 atom stereocenters. The first-order chi connectivity index (χ1) is 19.7. The Bertz CT molecular complexity index is 1710. The predicted octanol–water partition coefficient (Wildman–Crippen LogP) is 5.30. The van der Waals surface area contributed by atoms with Gasteiger partial charge in [0.2, 0.25) is 5.91 Å². The molecule has 4 aromatic rings. The van der Waals surface area contributed by atoms with Gasteiger partial charge in [0, 0.05) is 18.5 Å². The summed E-state index contributed by atoms with van der Waals surface area (Å²) >= 11 is 6.19. The summed E-state index contributed by atoms with van der Waals surface area (Å²) in [5.41, 5.74) is 3.97. The highest BCUT2D eigenvalue weighted by Gasteiger charge is 2.42. The minimum absolute atomic E-state index is 0.00943. The number of esters is 1. The van der Waals surface area contributed by atoms with E-state index in [1.165, 1.54) is 41.7 Å². The van der Waals surface area contributed by atoms with Crippen LogP contribution in [0.5, 0.6) is 0 Å². The SMILES string of the molecule is COC(=O)Cc1ccc(CNC(=O)[C@@H]2Cc3ccccc3N2S(=O)(=O)c2ccc(-c3ccc(F)cc3Cl)cc2)cc1. The molecule has 0 spiro atoms. The zero-order valence-electron chi connectivity index (χ0n) is 22.0. The van der Waals surface area contributed by atoms with Crippen LogP contribution in [0.15, 0.2) is 95.9 Å². The van der Waals surface area contributed by atoms with E-state index >= 15 is 0 Å². The number of fused-ring (bicyclic) bond motifs is 1. The number of para-hydroxylation sites is 1. The van der Waals surface area contributed by atoms with Crippen LogP contribution in [0.2, 0.25) is 5.02 Å². The Labute approximate surface area is 242 Å². The Hall–Kier alpha value is -4.21. The van der Waals surface area contributed by atoms with Crippen LogP contribution in [0, 0.1) is 5.82 Å². The quantitative estimate of drug-likeness (QED) is 0.280. The van der Waals surface area contributed by atoms with Crippen LogP contribution >= 0.6 is 11.6 Å². The van der Waals surface area contributed by atoms with Crippen molar-refractivity contribution in [2.24, 2.45) is 0 Å². The van der Waals surface area contributed by atoms with Crippen molar-refractivity contribution in [2.75, 3.05) is 11.4 Å². The van der Waals surface area contributed by atoms with E-state index in [0.29, 0.717) is 16.8 Å². The van der Waals surface area contributed by atoms with Crippen molar-refractivity contribution in [3.63, 3.8) is 0 Å². The minimum atomic E-state index is -4.13. The van der Waals surface area contributed by atoms with E-state index in [2.05, 4.69) is 10.1 Å². The number of nitrogens with zero attached hydrogens (tertiary/aromatic N) is 1. The van der Waals surface area contributed by atoms with E-state index in [4.69, 9.17) is 11.6 Å². The number of hydrogen-bond acceptors (Lipinski definition) is 5. The van der Waals surface area contributed by atoms with Gasteiger partial charge in [-0.05, 0) is 58.7 Å². The summed E-state index contributed by atoms with van der Waals surface area (Å²) in [5.74, 6) is -1.24. The molecule has 0 aromatic heterocycles. The van der Waals surface area contributed by atoms with Gasteiger partial charge in [-0.15, -0.1) is 0 Å². The number of rotatable bonds is 8. The average molecular weight is 593 g/mol. The number of ether oxygens (including phenoxy) is 1. The van der Waals surface area contributed by atoms with Gasteiger partial charge in [0.05, 0.1) is 29.1 Å². The lowest BCUT2D eigenvalue weighted by molar-refractivity contribution is -0.139. The highest BCUT2D eigenvalue weighted by molar-refractivity contribution is 7.93. The fourth-order valence-electron chi connectivity index (χ4n) is 4.82. The lowest BCUT2D eigenvalue weighted by Gasteiger charge is -2.26. The first-order valence-corrected chi connectivity index (χ1v) is 14.6. The maximum absolute atomic E-state index is 13.9. The number of anilines is 1. The highest BCUT2D eigenvalue weighted by Crippen LogP contribution is 2.37. The van der Waals surface area contributed by atoms with Gasteiger partial charge in [0.15, 0.2) is 0 Å². The molecule has 10 heteroatoms. The Kier molecular flexibility index (Phi) is 8.10. The summed E-state index contributed by atoms with van der Waals surface area (Å²) in [5, 5.41) is 3.07. The molecule has 0 saturated heterocycles. The van der Waals surface area contributed by atoms with Crippen LogP contribution in [-0.4, -0.2) is 33.4 Å². The van der Waals surface area contributed by atoms with Crippen molar-refractivity contribution in [1.82, 2.24) is 5.32 Å². The Morgan fingerprint density at radius 2 is 1.66 bits per heavy atom. The van der Waals surface area contributed by atoms with Crippen LogP contribution in [-0.2, 0) is 43.7 Å². The number of sulfonamides is 1. The third-order valence-electron chi connectivity index (χ3n) is 6.95. The highest BCUT2D eigenvalue weighted by atomic mass is 35.5. The maximum Gasteiger partial charge on any atom is 0.309 e. The number of amides is 1. The number of methoxy groups -OCH3 is 1. The number of hydrogen-bond donors (Lipinski definition) is 1. The second-order valence-corrected chi connectivity index (χ2v) is 11.8. The molecular formula is C31H26ClFN2O5S. The summed E-state index contributed by atoms with van der Waals surface area (Å²) in [6, 6.07) is 23.3. The molecule has 0 radical (unpaired) electrons. The summed E-state index contributed by atoms with van der Waals surface area (Å²) in [7, 11) is -2.80. The van der Waals surface area contributed by atoms with E-state index in [1.54, 1.807) is 54.6 Å². The van der Waals surface area contributed by atoms with Crippen LogP contribution in [0.25, 0.3) is 11.1 Å². The second kappa shape index (κ2) is 11.7. The number of nitrogens with one attached hydrogen (secondary N) is 1. The molecule has 1 aliphatic rings. The summed E-state index contributed by atoms with van der Waals surface area (Å²) < 4.78 is 47.2. The van der Waals surface area contributed by atoms with Gasteiger partial charge in [0.1, 0.15) is 11.9 Å². The molecule has 1 heterocycles. The second-order valence-electron chi connectivity index (χ2n) is 9.59. The van der Waals surface area contributed by atoms with Crippen molar-refractivity contribution >= 4 is 39.2 Å². The van der Waals surface area contributed by atoms with E-state index in [9.17, 15) is 22.4 Å². The minimum Gasteiger partial charge on any atom is -0.469 e. The molecule has 41 heavy (non-hydrogen) atoms. The van der Waals surface area contributed by atoms with Crippen molar-refractivity contribution in [3.8, 4) is 11.1 Å². The third kappa shape index (κ3) is 5.96. The van der Waals surface area contributed by atoms with Gasteiger partial charge < -0.3 is 10.1 Å². The molecule has 1 aliphatic heterocycles. The molecule has 0 aliphatic carbocycles. The normalized spacial score (nSPS) is 14.4. The smallest absolute Gasteiger partial charge is 0.309 e. The van der Waals surface area contributed by atoms with Crippen LogP contribution in [0.4, 0.5) is 10.1 Å². The van der Waals surface area contributed by atoms with Crippen molar-refractivity contribution in [3.05, 3.63) is 119 Å². The zero-order chi connectivity index (χ0) is 29.1. The molecule has 1 amide bonds. The van der Waals surface area contributed by atoms with Gasteiger partial charge in [-0.3, -0.25) is 13.9 Å². The monoisotopic (exact) mass is 592 g/mol. The largest absolute Gasteiger partial charge is 0.469 e. The Morgan fingerprint density at radius 3 is 2.34 bits per heavy atom. The molecule has 210 valence electrons. The first-order valence-electron chi connectivity index (χ1n) is 12.8. The summed E-state index contributed by atoms with van der Waals surface area (Å²) in [6.45, 7) is 0.186. The Morgan fingerprint density at radius 1 is 0.976 bits per heavy atom. The fourth-order valence-corrected chi connectivity index (χ4v) is 6.74. The molecule has 1 N–H and O–H groups in total. The number of benzene rings is 4. The average Bonchev–Trinajstić information content (AvgIpc) is 3.37. The van der Waals surface area contributed by atoms with E-state index in [-0.39, 0.29) is 35.3 Å². The van der Waals surface area contributed by atoms with Gasteiger partial charge in [0.25, 0.3) is 10.0 Å². The summed E-state index contributed by atoms with van der Waals surface area (Å²) in [4.78, 5) is 24.9. The topological polar surface area (TPSA) is 92.8 Å². The van der Waals surface area contributed by atoms with Crippen molar-refractivity contribution < 1.29 is 27.1 Å². The van der Waals surface area contributed by atoms with Gasteiger partial charge in [-0.1, -0.05) is 66.2 Å². The van der Waals surface area contributed by atoms with Crippen molar-refractivity contribution in [2.45, 2.75) is 30.3 Å². The molecule has 0 saturated carbocycles. The van der Waals surface area contributed by atoms with Crippen molar-refractivity contribution in [1.29, 1.82) is 0 Å². The van der Waals surface area contributed by atoms with Crippen LogP contribution < -0.4 is 9.62 Å². The lowest BCUT2D eigenvalue weighted by atomic mass is 10.1. The molecular weight excluding hydrogens is 567 g/mol. The lowest BCUT2D eigenvalue weighted by Crippen LogP contribution is -2.47. The molecule has 0 fully saturated rings. The standard InChI is InChI=1S/C31H26ClFN2O5S/c1-40-30(36)16-20-6-8-21(9-7-20)19-34-31(37)29-17-23-4-2-3-5-28(23)35(29)41(38,39)25-13-10-22(11-14-25)26-15-12-24(33)18-27(26)32/h2-15,18,29H,16-17,19H2,1H3,(H,34,37)/t29-/m0/s1. The fraction of sp³-hybridized carbons (Fsp3) is 0.161. The molecule has 5 rings (SSSR count). The van der Waals surface area contributed by atoms with Crippen LogP contribution in [0.1, 0.15) is 16.7 Å². The van der Waals surface area contributed by atoms with E-state index in [0.717, 1.165) is 16.7 Å². The third-order valence-corrected chi connectivity index (χ3v) is 9.10. The zero-order valence-corrected chi connectivity index (χ0v) is 23.6. The maximum atomic E-state index is 13.9. The van der Waals surface area contributed by atoms with Crippen LogP contribution in [0.3, 0.4) is 0 Å².